The quantitative estimate of drug-likeness (QED) is 0.811. The van der Waals surface area contributed by atoms with E-state index in [0.29, 0.717) is 6.54 Å². The molecule has 1 aromatic rings. The molecule has 4 nitrogen and oxygen atoms in total. The average Bonchev–Trinajstić information content (AvgIpc) is 2.84. The Balaban J connectivity index is 2.14. The molecule has 1 aliphatic heterocycles. The lowest BCUT2D eigenvalue weighted by molar-refractivity contribution is -0.0305. The highest BCUT2D eigenvalue weighted by Crippen LogP contribution is 2.34. The molecule has 1 saturated heterocycles. The van der Waals surface area contributed by atoms with Gasteiger partial charge in [-0.1, -0.05) is 23.7 Å². The summed E-state index contributed by atoms with van der Waals surface area (Å²) in [7, 11) is 1.62. The summed E-state index contributed by atoms with van der Waals surface area (Å²) in [5.41, 5.74) is 1.71. The molecule has 0 unspecified atom stereocenters. The first-order valence-electron chi connectivity index (χ1n) is 7.49. The SMILES string of the molecule is CO[C@@H]1C[C@H](c2ccc(Cl)c(C)c2)CN1C(=O)OC(C)(C)C. The molecule has 5 heteroatoms. The van der Waals surface area contributed by atoms with Gasteiger partial charge in [-0.05, 0) is 44.9 Å². The summed E-state index contributed by atoms with van der Waals surface area (Å²) in [6.45, 7) is 8.17. The molecule has 122 valence electrons. The number of amides is 1. The zero-order valence-electron chi connectivity index (χ0n) is 13.9. The van der Waals surface area contributed by atoms with Crippen LogP contribution in [0.15, 0.2) is 18.2 Å². The van der Waals surface area contributed by atoms with E-state index < -0.39 is 5.60 Å². The van der Waals surface area contributed by atoms with E-state index in [1.165, 1.54) is 5.56 Å². The number of carbonyl (C=O) groups excluding carboxylic acids is 1. The second-order valence-electron chi connectivity index (χ2n) is 6.76. The first-order chi connectivity index (χ1) is 10.2. The summed E-state index contributed by atoms with van der Waals surface area (Å²) in [4.78, 5) is 14.0. The second kappa shape index (κ2) is 6.47. The van der Waals surface area contributed by atoms with Crippen molar-refractivity contribution in [1.29, 1.82) is 0 Å². The molecular formula is C17H24ClNO3. The lowest BCUT2D eigenvalue weighted by Crippen LogP contribution is -2.40. The van der Waals surface area contributed by atoms with Crippen molar-refractivity contribution < 1.29 is 14.3 Å². The van der Waals surface area contributed by atoms with E-state index in [2.05, 4.69) is 6.07 Å². The van der Waals surface area contributed by atoms with Crippen LogP contribution in [0.5, 0.6) is 0 Å². The van der Waals surface area contributed by atoms with Crippen LogP contribution in [-0.2, 0) is 9.47 Å². The van der Waals surface area contributed by atoms with E-state index >= 15 is 0 Å². The van der Waals surface area contributed by atoms with Crippen LogP contribution in [0.4, 0.5) is 4.79 Å². The third kappa shape index (κ3) is 3.93. The Morgan fingerprint density at radius 1 is 1.36 bits per heavy atom. The highest BCUT2D eigenvalue weighted by atomic mass is 35.5. The van der Waals surface area contributed by atoms with Crippen LogP contribution < -0.4 is 0 Å². The van der Waals surface area contributed by atoms with Crippen LogP contribution in [0.1, 0.15) is 44.2 Å². The number of rotatable bonds is 2. The van der Waals surface area contributed by atoms with Gasteiger partial charge in [-0.25, -0.2) is 4.79 Å². The van der Waals surface area contributed by atoms with Gasteiger partial charge in [0.2, 0.25) is 0 Å². The molecule has 2 atom stereocenters. The molecule has 1 aliphatic rings. The summed E-state index contributed by atoms with van der Waals surface area (Å²) in [5, 5.41) is 0.758. The number of hydrogen-bond donors (Lipinski definition) is 0. The number of hydrogen-bond acceptors (Lipinski definition) is 3. The molecule has 0 spiro atoms. The number of nitrogens with zero attached hydrogens (tertiary/aromatic N) is 1. The molecule has 0 bridgehead atoms. The van der Waals surface area contributed by atoms with Crippen molar-refractivity contribution in [1.82, 2.24) is 4.90 Å². The summed E-state index contributed by atoms with van der Waals surface area (Å²) in [6.07, 6.45) is 0.181. The van der Waals surface area contributed by atoms with Crippen molar-refractivity contribution in [2.45, 2.75) is 51.9 Å². The molecular weight excluding hydrogens is 302 g/mol. The van der Waals surface area contributed by atoms with Gasteiger partial charge in [-0.15, -0.1) is 0 Å². The maximum Gasteiger partial charge on any atom is 0.412 e. The normalized spacial score (nSPS) is 22.0. The largest absolute Gasteiger partial charge is 0.444 e. The van der Waals surface area contributed by atoms with Crippen LogP contribution in [0, 0.1) is 6.92 Å². The molecule has 0 aromatic heterocycles. The fourth-order valence-corrected chi connectivity index (χ4v) is 2.82. The molecule has 0 N–H and O–H groups in total. The average molecular weight is 326 g/mol. The van der Waals surface area contributed by atoms with E-state index in [1.54, 1.807) is 12.0 Å². The number of ether oxygens (including phenoxy) is 2. The molecule has 22 heavy (non-hydrogen) atoms. The monoisotopic (exact) mass is 325 g/mol. The number of likely N-dealkylation sites (tertiary alicyclic amines) is 1. The van der Waals surface area contributed by atoms with Crippen LogP contribution in [0.25, 0.3) is 0 Å². The third-order valence-electron chi connectivity index (χ3n) is 3.80. The van der Waals surface area contributed by atoms with Gasteiger partial charge in [0.05, 0.1) is 0 Å². The van der Waals surface area contributed by atoms with Gasteiger partial charge in [0.15, 0.2) is 0 Å². The van der Waals surface area contributed by atoms with Crippen molar-refractivity contribution in [3.05, 3.63) is 34.3 Å². The first-order valence-corrected chi connectivity index (χ1v) is 7.87. The van der Waals surface area contributed by atoms with Crippen molar-refractivity contribution >= 4 is 17.7 Å². The molecule has 0 saturated carbocycles. The van der Waals surface area contributed by atoms with Crippen LogP contribution >= 0.6 is 11.6 Å². The van der Waals surface area contributed by atoms with Crippen molar-refractivity contribution in [3.8, 4) is 0 Å². The predicted octanol–water partition coefficient (Wildman–Crippen LogP) is 4.35. The van der Waals surface area contributed by atoms with E-state index in [0.717, 1.165) is 17.0 Å². The van der Waals surface area contributed by atoms with E-state index in [9.17, 15) is 4.79 Å². The van der Waals surface area contributed by atoms with Gasteiger partial charge in [0.25, 0.3) is 0 Å². The molecule has 1 aromatic carbocycles. The summed E-state index contributed by atoms with van der Waals surface area (Å²) in [5.74, 6) is 0.230. The fourth-order valence-electron chi connectivity index (χ4n) is 2.70. The molecule has 1 heterocycles. The van der Waals surface area contributed by atoms with E-state index in [4.69, 9.17) is 21.1 Å². The third-order valence-corrected chi connectivity index (χ3v) is 4.23. The Morgan fingerprint density at radius 3 is 2.59 bits per heavy atom. The van der Waals surface area contributed by atoms with Crippen LogP contribution in [0.2, 0.25) is 5.02 Å². The number of aryl methyl sites for hydroxylation is 1. The lowest BCUT2D eigenvalue weighted by atomic mass is 9.96. The first kappa shape index (κ1) is 17.1. The highest BCUT2D eigenvalue weighted by Gasteiger charge is 2.38. The Bertz CT molecular complexity index is 553. The minimum Gasteiger partial charge on any atom is -0.444 e. The molecule has 1 amide bonds. The smallest absolute Gasteiger partial charge is 0.412 e. The zero-order valence-corrected chi connectivity index (χ0v) is 14.6. The van der Waals surface area contributed by atoms with Gasteiger partial charge < -0.3 is 9.47 Å². The van der Waals surface area contributed by atoms with Gasteiger partial charge in [0.1, 0.15) is 11.8 Å². The Labute approximate surface area is 137 Å². The minimum atomic E-state index is -0.510. The molecule has 0 radical (unpaired) electrons. The van der Waals surface area contributed by atoms with E-state index in [-0.39, 0.29) is 18.2 Å². The summed E-state index contributed by atoms with van der Waals surface area (Å²) >= 11 is 6.09. The number of methoxy groups -OCH3 is 1. The maximum atomic E-state index is 12.3. The maximum absolute atomic E-state index is 12.3. The minimum absolute atomic E-state index is 0.230. The van der Waals surface area contributed by atoms with Gasteiger partial charge >= 0.3 is 6.09 Å². The Kier molecular flexibility index (Phi) is 5.03. The van der Waals surface area contributed by atoms with Crippen LogP contribution in [-0.4, -0.2) is 36.5 Å². The topological polar surface area (TPSA) is 38.8 Å². The van der Waals surface area contributed by atoms with Crippen molar-refractivity contribution in [2.24, 2.45) is 0 Å². The molecule has 1 fully saturated rings. The van der Waals surface area contributed by atoms with Crippen molar-refractivity contribution in [2.75, 3.05) is 13.7 Å². The number of carbonyl (C=O) groups is 1. The predicted molar refractivity (Wildman–Crippen MR) is 87.3 cm³/mol. The van der Waals surface area contributed by atoms with Gasteiger partial charge in [-0.2, -0.15) is 0 Å². The number of halogens is 1. The number of benzene rings is 1. The van der Waals surface area contributed by atoms with Crippen LogP contribution in [0.3, 0.4) is 0 Å². The molecule has 2 rings (SSSR count). The summed E-state index contributed by atoms with van der Waals surface area (Å²) in [6, 6.07) is 6.01. The Morgan fingerprint density at radius 2 is 2.05 bits per heavy atom. The summed E-state index contributed by atoms with van der Waals surface area (Å²) < 4.78 is 10.9. The van der Waals surface area contributed by atoms with Crippen molar-refractivity contribution in [3.63, 3.8) is 0 Å². The van der Waals surface area contributed by atoms with Gasteiger partial charge in [-0.3, -0.25) is 4.90 Å². The second-order valence-corrected chi connectivity index (χ2v) is 7.17. The highest BCUT2D eigenvalue weighted by molar-refractivity contribution is 6.31. The molecule has 0 aliphatic carbocycles. The van der Waals surface area contributed by atoms with Gasteiger partial charge in [0, 0.05) is 31.0 Å². The Hall–Kier alpha value is -1.26. The lowest BCUT2D eigenvalue weighted by Gasteiger charge is -2.27. The standard InChI is InChI=1S/C17H24ClNO3/c1-11-8-12(6-7-14(11)18)13-9-15(21-5)19(10-13)16(20)22-17(2,3)4/h6-8,13,15H,9-10H2,1-5H3/t13-,15+/m0/s1. The fraction of sp³-hybridized carbons (Fsp3) is 0.588. The van der Waals surface area contributed by atoms with E-state index in [1.807, 2.05) is 39.8 Å². The zero-order chi connectivity index (χ0) is 16.5.